The number of nitrogens with one attached hydrogen (secondary N) is 1. The van der Waals surface area contributed by atoms with E-state index in [-0.39, 0.29) is 11.8 Å². The molecule has 1 aliphatic rings. The van der Waals surface area contributed by atoms with Crippen LogP contribution in [0.2, 0.25) is 0 Å². The molecule has 1 rings (SSSR count). The maximum Gasteiger partial charge on any atom is 0.406 e. The molecule has 5 nitrogen and oxygen atoms in total. The van der Waals surface area contributed by atoms with Crippen molar-refractivity contribution in [1.29, 1.82) is 0 Å². The van der Waals surface area contributed by atoms with Crippen LogP contribution >= 0.6 is 0 Å². The van der Waals surface area contributed by atoms with E-state index in [0.717, 1.165) is 19.3 Å². The Morgan fingerprint density at radius 1 is 1.40 bits per heavy atom. The van der Waals surface area contributed by atoms with Gasteiger partial charge in [0, 0.05) is 6.54 Å². The van der Waals surface area contributed by atoms with E-state index in [0.29, 0.717) is 13.0 Å². The van der Waals surface area contributed by atoms with Crippen molar-refractivity contribution < 1.29 is 19.4 Å². The number of amides is 1. The molecule has 1 fully saturated rings. The molecule has 2 atom stereocenters. The van der Waals surface area contributed by atoms with Gasteiger partial charge in [0.25, 0.3) is 0 Å². The molecule has 0 bridgehead atoms. The molecule has 2 unspecified atom stereocenters. The Balaban J connectivity index is 2.42. The van der Waals surface area contributed by atoms with E-state index in [1.54, 1.807) is 0 Å². The topological polar surface area (TPSA) is 75.6 Å². The lowest BCUT2D eigenvalue weighted by atomic mass is 9.79. The lowest BCUT2D eigenvalue weighted by Gasteiger charge is -2.28. The molecule has 0 heterocycles. The number of aliphatic carboxylic acids is 1. The summed E-state index contributed by atoms with van der Waals surface area (Å²) in [4.78, 5) is 21.8. The van der Waals surface area contributed by atoms with Crippen molar-refractivity contribution >= 4 is 12.1 Å². The second kappa shape index (κ2) is 5.58. The zero-order chi connectivity index (χ0) is 11.3. The maximum atomic E-state index is 10.9. The third kappa shape index (κ3) is 3.42. The van der Waals surface area contributed by atoms with Gasteiger partial charge in [-0.25, -0.2) is 4.79 Å². The van der Waals surface area contributed by atoms with Crippen LogP contribution < -0.4 is 5.32 Å². The minimum absolute atomic E-state index is 0.0374. The van der Waals surface area contributed by atoms with Gasteiger partial charge < -0.3 is 15.2 Å². The third-order valence-electron chi connectivity index (χ3n) is 2.92. The first-order chi connectivity index (χ1) is 7.15. The van der Waals surface area contributed by atoms with Crippen molar-refractivity contribution in [3.05, 3.63) is 0 Å². The highest BCUT2D eigenvalue weighted by molar-refractivity contribution is 5.71. The quantitative estimate of drug-likeness (QED) is 0.742. The van der Waals surface area contributed by atoms with Gasteiger partial charge in [-0.05, 0) is 18.8 Å². The number of rotatable bonds is 3. The molecule has 0 aromatic carbocycles. The van der Waals surface area contributed by atoms with E-state index in [1.165, 1.54) is 7.11 Å². The van der Waals surface area contributed by atoms with Crippen LogP contribution in [0.4, 0.5) is 4.79 Å². The van der Waals surface area contributed by atoms with Crippen LogP contribution in [-0.2, 0) is 9.53 Å². The molecule has 86 valence electrons. The van der Waals surface area contributed by atoms with E-state index < -0.39 is 12.1 Å². The molecular weight excluding hydrogens is 198 g/mol. The molecule has 1 aliphatic carbocycles. The van der Waals surface area contributed by atoms with E-state index in [1.807, 2.05) is 0 Å². The molecule has 2 N–H and O–H groups in total. The molecule has 1 amide bonds. The Bertz CT molecular complexity index is 242. The average molecular weight is 215 g/mol. The summed E-state index contributed by atoms with van der Waals surface area (Å²) in [5.74, 6) is -1.04. The van der Waals surface area contributed by atoms with Gasteiger partial charge in [0.2, 0.25) is 0 Å². The number of carboxylic acids is 1. The standard InChI is InChI=1S/C10H17NO4/c1-15-10(14)11-6-7-4-2-3-5-8(7)9(12)13/h7-8H,2-6H2,1H3,(H,11,14)(H,12,13). The second-order valence-corrected chi connectivity index (χ2v) is 3.86. The minimum atomic E-state index is -0.758. The Morgan fingerprint density at radius 3 is 2.67 bits per heavy atom. The van der Waals surface area contributed by atoms with Crippen molar-refractivity contribution in [3.8, 4) is 0 Å². The van der Waals surface area contributed by atoms with Gasteiger partial charge in [0.1, 0.15) is 0 Å². The van der Waals surface area contributed by atoms with Gasteiger partial charge in [-0.1, -0.05) is 12.8 Å². The fourth-order valence-electron chi connectivity index (χ4n) is 2.06. The predicted molar refractivity (Wildman–Crippen MR) is 53.5 cm³/mol. The van der Waals surface area contributed by atoms with Crippen LogP contribution in [0.15, 0.2) is 0 Å². The fraction of sp³-hybridized carbons (Fsp3) is 0.800. The number of carbonyl (C=O) groups excluding carboxylic acids is 1. The summed E-state index contributed by atoms with van der Waals surface area (Å²) in [6, 6.07) is 0. The number of alkyl carbamates (subject to hydrolysis) is 1. The van der Waals surface area contributed by atoms with Gasteiger partial charge in [-0.3, -0.25) is 4.79 Å². The van der Waals surface area contributed by atoms with Crippen molar-refractivity contribution in [2.24, 2.45) is 11.8 Å². The molecule has 0 radical (unpaired) electrons. The number of carboxylic acid groups (broad SMARTS) is 1. The summed E-state index contributed by atoms with van der Waals surface area (Å²) >= 11 is 0. The largest absolute Gasteiger partial charge is 0.481 e. The SMILES string of the molecule is COC(=O)NCC1CCCCC1C(=O)O. The molecule has 0 aromatic rings. The van der Waals surface area contributed by atoms with Crippen LogP contribution in [0.1, 0.15) is 25.7 Å². The summed E-state index contributed by atoms with van der Waals surface area (Å²) in [6.45, 7) is 0.393. The summed E-state index contributed by atoms with van der Waals surface area (Å²) in [6.07, 6.45) is 3.08. The van der Waals surface area contributed by atoms with Crippen molar-refractivity contribution in [2.75, 3.05) is 13.7 Å². The Labute approximate surface area is 88.8 Å². The fourth-order valence-corrected chi connectivity index (χ4v) is 2.06. The molecule has 0 spiro atoms. The van der Waals surface area contributed by atoms with Crippen LogP contribution in [0, 0.1) is 11.8 Å². The Hall–Kier alpha value is -1.26. The summed E-state index contributed by atoms with van der Waals surface area (Å²) in [5, 5.41) is 11.5. The van der Waals surface area contributed by atoms with E-state index >= 15 is 0 Å². The Kier molecular flexibility index (Phi) is 4.39. The monoisotopic (exact) mass is 215 g/mol. The van der Waals surface area contributed by atoms with Crippen LogP contribution in [0.25, 0.3) is 0 Å². The highest BCUT2D eigenvalue weighted by Crippen LogP contribution is 2.29. The van der Waals surface area contributed by atoms with Gasteiger partial charge in [0.05, 0.1) is 13.0 Å². The summed E-state index contributed by atoms with van der Waals surface area (Å²) in [5.41, 5.74) is 0. The third-order valence-corrected chi connectivity index (χ3v) is 2.92. The average Bonchev–Trinajstić information content (AvgIpc) is 2.26. The molecular formula is C10H17NO4. The van der Waals surface area contributed by atoms with Gasteiger partial charge >= 0.3 is 12.1 Å². The second-order valence-electron chi connectivity index (χ2n) is 3.86. The molecule has 15 heavy (non-hydrogen) atoms. The maximum absolute atomic E-state index is 10.9. The van der Waals surface area contributed by atoms with Gasteiger partial charge in [-0.15, -0.1) is 0 Å². The number of hydrogen-bond acceptors (Lipinski definition) is 3. The lowest BCUT2D eigenvalue weighted by molar-refractivity contribution is -0.144. The highest BCUT2D eigenvalue weighted by Gasteiger charge is 2.30. The number of carbonyl (C=O) groups is 2. The molecule has 5 heteroatoms. The predicted octanol–water partition coefficient (Wildman–Crippen LogP) is 1.23. The zero-order valence-corrected chi connectivity index (χ0v) is 8.86. The molecule has 1 saturated carbocycles. The highest BCUT2D eigenvalue weighted by atomic mass is 16.5. The first-order valence-electron chi connectivity index (χ1n) is 5.19. The number of methoxy groups -OCH3 is 1. The van der Waals surface area contributed by atoms with Crippen LogP contribution in [0.5, 0.6) is 0 Å². The van der Waals surface area contributed by atoms with Gasteiger partial charge in [-0.2, -0.15) is 0 Å². The summed E-state index contributed by atoms with van der Waals surface area (Å²) < 4.78 is 4.44. The van der Waals surface area contributed by atoms with E-state index in [4.69, 9.17) is 5.11 Å². The van der Waals surface area contributed by atoms with Gasteiger partial charge in [0.15, 0.2) is 0 Å². The minimum Gasteiger partial charge on any atom is -0.481 e. The van der Waals surface area contributed by atoms with Crippen LogP contribution in [-0.4, -0.2) is 30.8 Å². The van der Waals surface area contributed by atoms with Crippen molar-refractivity contribution in [1.82, 2.24) is 5.32 Å². The normalized spacial score (nSPS) is 25.7. The molecule has 0 aliphatic heterocycles. The van der Waals surface area contributed by atoms with Crippen molar-refractivity contribution in [2.45, 2.75) is 25.7 Å². The smallest absolute Gasteiger partial charge is 0.406 e. The number of hydrogen-bond donors (Lipinski definition) is 2. The van der Waals surface area contributed by atoms with E-state index in [2.05, 4.69) is 10.1 Å². The molecule has 0 saturated heterocycles. The zero-order valence-electron chi connectivity index (χ0n) is 8.86. The first-order valence-corrected chi connectivity index (χ1v) is 5.19. The first kappa shape index (κ1) is 11.8. The lowest BCUT2D eigenvalue weighted by Crippen LogP contribution is -2.37. The van der Waals surface area contributed by atoms with E-state index in [9.17, 15) is 9.59 Å². The summed E-state index contributed by atoms with van der Waals surface area (Å²) in [7, 11) is 1.30. The van der Waals surface area contributed by atoms with Crippen molar-refractivity contribution in [3.63, 3.8) is 0 Å². The van der Waals surface area contributed by atoms with Crippen LogP contribution in [0.3, 0.4) is 0 Å². The number of ether oxygens (including phenoxy) is 1. The molecule has 0 aromatic heterocycles. The Morgan fingerprint density at radius 2 is 2.07 bits per heavy atom.